The molecular formula is C28H28BN3O. The lowest BCUT2D eigenvalue weighted by molar-refractivity contribution is 0.102. The molecule has 33 heavy (non-hydrogen) atoms. The van der Waals surface area contributed by atoms with Crippen LogP contribution in [0.3, 0.4) is 0 Å². The fraction of sp³-hybridized carbons (Fsp3) is 0.143. The summed E-state index contributed by atoms with van der Waals surface area (Å²) < 4.78 is 0. The number of anilines is 2. The Morgan fingerprint density at radius 3 is 2.36 bits per heavy atom. The standard InChI is InChI=1S/C28H28BN3O/c1-19(2)32(29)27-12-8-7-11-25(27)22-14-13-20(3)26(16-22)31-28(33)24-15-23(17-30-18-24)21-9-5-4-6-10-21/h4-19H,29H2,1-3H3,(H,31,33). The molecule has 0 bridgehead atoms. The molecule has 0 unspecified atom stereocenters. The average molecular weight is 433 g/mol. The van der Waals surface area contributed by atoms with Crippen LogP contribution in [0.5, 0.6) is 0 Å². The van der Waals surface area contributed by atoms with E-state index in [9.17, 15) is 4.79 Å². The van der Waals surface area contributed by atoms with Crippen molar-refractivity contribution in [3.05, 3.63) is 102 Å². The Kier molecular flexibility index (Phi) is 6.59. The van der Waals surface area contributed by atoms with E-state index in [1.54, 1.807) is 12.4 Å². The van der Waals surface area contributed by atoms with E-state index in [4.69, 9.17) is 0 Å². The molecule has 1 amide bonds. The molecule has 5 heteroatoms. The summed E-state index contributed by atoms with van der Waals surface area (Å²) >= 11 is 0. The highest BCUT2D eigenvalue weighted by atomic mass is 16.1. The molecule has 0 radical (unpaired) electrons. The van der Waals surface area contributed by atoms with Crippen LogP contribution in [-0.2, 0) is 0 Å². The van der Waals surface area contributed by atoms with E-state index in [1.165, 1.54) is 0 Å². The summed E-state index contributed by atoms with van der Waals surface area (Å²) in [6.07, 6.45) is 3.38. The number of pyridine rings is 1. The van der Waals surface area contributed by atoms with E-state index in [0.29, 0.717) is 11.6 Å². The minimum absolute atomic E-state index is 0.173. The van der Waals surface area contributed by atoms with Crippen molar-refractivity contribution in [2.24, 2.45) is 0 Å². The second kappa shape index (κ2) is 9.74. The third-order valence-corrected chi connectivity index (χ3v) is 5.96. The molecule has 0 aliphatic rings. The minimum Gasteiger partial charge on any atom is -0.419 e. The van der Waals surface area contributed by atoms with Crippen LogP contribution >= 0.6 is 0 Å². The van der Waals surface area contributed by atoms with Crippen molar-refractivity contribution in [2.45, 2.75) is 26.8 Å². The Morgan fingerprint density at radius 1 is 0.879 bits per heavy atom. The molecule has 0 aliphatic heterocycles. The number of para-hydroxylation sites is 1. The largest absolute Gasteiger partial charge is 0.419 e. The van der Waals surface area contributed by atoms with Gasteiger partial charge >= 0.3 is 0 Å². The zero-order valence-corrected chi connectivity index (χ0v) is 19.5. The summed E-state index contributed by atoms with van der Waals surface area (Å²) in [7, 11) is 2.10. The fourth-order valence-electron chi connectivity index (χ4n) is 3.77. The van der Waals surface area contributed by atoms with Crippen LogP contribution in [0.4, 0.5) is 11.4 Å². The first-order chi connectivity index (χ1) is 15.9. The third kappa shape index (κ3) is 4.98. The first kappa shape index (κ1) is 22.3. The van der Waals surface area contributed by atoms with Gasteiger partial charge in [0.1, 0.15) is 0 Å². The highest BCUT2D eigenvalue weighted by Crippen LogP contribution is 2.33. The number of amides is 1. The van der Waals surface area contributed by atoms with Crippen LogP contribution in [0.25, 0.3) is 22.3 Å². The maximum Gasteiger partial charge on any atom is 0.257 e. The Hall–Kier alpha value is -3.86. The first-order valence-corrected chi connectivity index (χ1v) is 11.2. The van der Waals surface area contributed by atoms with Crippen molar-refractivity contribution >= 4 is 25.3 Å². The molecule has 3 aromatic carbocycles. The molecule has 4 aromatic rings. The number of carbonyl (C=O) groups is 1. The monoisotopic (exact) mass is 433 g/mol. The van der Waals surface area contributed by atoms with E-state index in [1.807, 2.05) is 49.4 Å². The molecule has 1 heterocycles. The second-order valence-electron chi connectivity index (χ2n) is 8.53. The van der Waals surface area contributed by atoms with E-state index in [0.717, 1.165) is 39.2 Å². The maximum absolute atomic E-state index is 13.1. The summed E-state index contributed by atoms with van der Waals surface area (Å²) in [5, 5.41) is 3.09. The molecule has 0 fully saturated rings. The van der Waals surface area contributed by atoms with Gasteiger partial charge in [0.2, 0.25) is 7.98 Å². The minimum atomic E-state index is -0.173. The quantitative estimate of drug-likeness (QED) is 0.395. The molecule has 0 saturated heterocycles. The van der Waals surface area contributed by atoms with Gasteiger partial charge in [0.15, 0.2) is 0 Å². The van der Waals surface area contributed by atoms with E-state index in [2.05, 4.69) is 73.3 Å². The second-order valence-corrected chi connectivity index (χ2v) is 8.53. The van der Waals surface area contributed by atoms with Gasteiger partial charge < -0.3 is 10.1 Å². The molecule has 164 valence electrons. The molecule has 0 aliphatic carbocycles. The predicted molar refractivity (Wildman–Crippen MR) is 140 cm³/mol. The molecular weight excluding hydrogens is 405 g/mol. The number of hydrogen-bond acceptors (Lipinski definition) is 3. The molecule has 1 N–H and O–H groups in total. The van der Waals surface area contributed by atoms with Crippen LogP contribution in [0, 0.1) is 6.92 Å². The molecule has 4 rings (SSSR count). The zero-order valence-electron chi connectivity index (χ0n) is 19.5. The zero-order chi connectivity index (χ0) is 23.4. The van der Waals surface area contributed by atoms with Gasteiger partial charge in [-0.15, -0.1) is 0 Å². The lowest BCUT2D eigenvalue weighted by Gasteiger charge is -2.27. The number of hydrogen-bond donors (Lipinski definition) is 1. The highest BCUT2D eigenvalue weighted by Gasteiger charge is 2.14. The average Bonchev–Trinajstić information content (AvgIpc) is 2.85. The smallest absolute Gasteiger partial charge is 0.257 e. The Bertz CT molecular complexity index is 1270. The van der Waals surface area contributed by atoms with Crippen LogP contribution in [0.15, 0.2) is 91.3 Å². The van der Waals surface area contributed by atoms with Gasteiger partial charge in [-0.05, 0) is 55.7 Å². The van der Waals surface area contributed by atoms with Gasteiger partial charge in [0.25, 0.3) is 5.91 Å². The maximum atomic E-state index is 13.1. The van der Waals surface area contributed by atoms with Crippen molar-refractivity contribution in [3.63, 3.8) is 0 Å². The van der Waals surface area contributed by atoms with Crippen molar-refractivity contribution in [1.29, 1.82) is 0 Å². The van der Waals surface area contributed by atoms with Gasteiger partial charge in [0.05, 0.1) is 5.56 Å². The highest BCUT2D eigenvalue weighted by molar-refractivity contribution is 6.19. The van der Waals surface area contributed by atoms with Gasteiger partial charge in [-0.2, -0.15) is 0 Å². The van der Waals surface area contributed by atoms with Gasteiger partial charge in [-0.3, -0.25) is 9.78 Å². The number of nitrogens with zero attached hydrogens (tertiary/aromatic N) is 2. The van der Waals surface area contributed by atoms with Crippen molar-refractivity contribution in [1.82, 2.24) is 4.98 Å². The first-order valence-electron chi connectivity index (χ1n) is 11.2. The number of benzene rings is 3. The number of carbonyl (C=O) groups excluding carboxylic acids is 1. The lowest BCUT2D eigenvalue weighted by atomic mass is 9.98. The van der Waals surface area contributed by atoms with Crippen LogP contribution < -0.4 is 10.1 Å². The van der Waals surface area contributed by atoms with Crippen LogP contribution in [0.2, 0.25) is 0 Å². The predicted octanol–water partition coefficient (Wildman–Crippen LogP) is 5.74. The van der Waals surface area contributed by atoms with E-state index >= 15 is 0 Å². The number of nitrogens with one attached hydrogen (secondary N) is 1. The summed E-state index contributed by atoms with van der Waals surface area (Å²) in [5.41, 5.74) is 7.64. The van der Waals surface area contributed by atoms with Crippen molar-refractivity contribution in [2.75, 3.05) is 10.1 Å². The summed E-state index contributed by atoms with van der Waals surface area (Å²) in [6.45, 7) is 6.36. The van der Waals surface area contributed by atoms with Crippen molar-refractivity contribution in [3.8, 4) is 22.3 Å². The fourth-order valence-corrected chi connectivity index (χ4v) is 3.77. The molecule has 0 atom stereocenters. The van der Waals surface area contributed by atoms with Gasteiger partial charge in [-0.1, -0.05) is 60.7 Å². The number of aromatic nitrogens is 1. The summed E-state index contributed by atoms with van der Waals surface area (Å²) in [6, 6.07) is 26.8. The molecule has 4 nitrogen and oxygen atoms in total. The normalized spacial score (nSPS) is 10.8. The number of aryl methyl sites for hydroxylation is 1. The van der Waals surface area contributed by atoms with E-state index in [-0.39, 0.29) is 5.91 Å². The topological polar surface area (TPSA) is 45.2 Å². The number of rotatable bonds is 6. The van der Waals surface area contributed by atoms with E-state index < -0.39 is 0 Å². The third-order valence-electron chi connectivity index (χ3n) is 5.96. The summed E-state index contributed by atoms with van der Waals surface area (Å²) in [5.74, 6) is -0.173. The molecule has 0 spiro atoms. The Labute approximate surface area is 196 Å². The van der Waals surface area contributed by atoms with Crippen molar-refractivity contribution < 1.29 is 4.79 Å². The summed E-state index contributed by atoms with van der Waals surface area (Å²) in [4.78, 5) is 19.7. The SMILES string of the molecule is BN(c1ccccc1-c1ccc(C)c(NC(=O)c2cncc(-c3ccccc3)c2)c1)C(C)C. The lowest BCUT2D eigenvalue weighted by Crippen LogP contribution is -2.27. The van der Waals surface area contributed by atoms with Crippen LogP contribution in [0.1, 0.15) is 29.8 Å². The van der Waals surface area contributed by atoms with Gasteiger partial charge in [0, 0.05) is 40.9 Å². The Balaban J connectivity index is 1.64. The molecule has 0 saturated carbocycles. The van der Waals surface area contributed by atoms with Crippen LogP contribution in [-0.4, -0.2) is 24.9 Å². The molecule has 1 aromatic heterocycles. The van der Waals surface area contributed by atoms with Gasteiger partial charge in [-0.25, -0.2) is 0 Å². The Morgan fingerprint density at radius 2 is 1.61 bits per heavy atom.